The van der Waals surface area contributed by atoms with Crippen LogP contribution in [0.1, 0.15) is 29.2 Å². The van der Waals surface area contributed by atoms with Crippen molar-refractivity contribution in [3.05, 3.63) is 34.0 Å². The summed E-state index contributed by atoms with van der Waals surface area (Å²) in [6.07, 6.45) is 5.85. The lowest BCUT2D eigenvalue weighted by Crippen LogP contribution is -2.19. The minimum Gasteiger partial charge on any atom is -0.313 e. The van der Waals surface area contributed by atoms with Crippen molar-refractivity contribution < 1.29 is 0 Å². The van der Waals surface area contributed by atoms with E-state index in [1.54, 1.807) is 11.3 Å². The average molecular weight is 250 g/mol. The average Bonchev–Trinajstić information content (AvgIpc) is 2.94. The molecule has 0 aliphatic carbocycles. The molecule has 2 aromatic rings. The van der Waals surface area contributed by atoms with E-state index in [1.165, 1.54) is 11.3 Å². The molecule has 0 saturated carbocycles. The van der Waals surface area contributed by atoms with Gasteiger partial charge >= 0.3 is 0 Å². The first-order chi connectivity index (χ1) is 8.24. The molecule has 1 atom stereocenters. The van der Waals surface area contributed by atoms with E-state index < -0.39 is 0 Å². The summed E-state index contributed by atoms with van der Waals surface area (Å²) in [7, 11) is 3.96. The Kier molecular flexibility index (Phi) is 3.91. The lowest BCUT2D eigenvalue weighted by Gasteiger charge is -2.14. The third kappa shape index (κ3) is 2.73. The zero-order chi connectivity index (χ0) is 12.3. The minimum atomic E-state index is 0.296. The smallest absolute Gasteiger partial charge is 0.0943 e. The molecule has 0 radical (unpaired) electrons. The van der Waals surface area contributed by atoms with E-state index >= 15 is 0 Å². The summed E-state index contributed by atoms with van der Waals surface area (Å²) >= 11 is 1.70. The molecule has 0 aromatic carbocycles. The number of thiazole rings is 1. The molecule has 0 spiro atoms. The Morgan fingerprint density at radius 2 is 2.35 bits per heavy atom. The number of aryl methyl sites for hydroxylation is 2. The summed E-state index contributed by atoms with van der Waals surface area (Å²) in [5.74, 6) is 0. The van der Waals surface area contributed by atoms with Gasteiger partial charge < -0.3 is 5.32 Å². The van der Waals surface area contributed by atoms with Gasteiger partial charge in [0.25, 0.3) is 0 Å². The minimum absolute atomic E-state index is 0.296. The van der Waals surface area contributed by atoms with Gasteiger partial charge in [-0.25, -0.2) is 4.98 Å². The predicted octanol–water partition coefficient (Wildman–Crippen LogP) is 1.94. The van der Waals surface area contributed by atoms with Crippen molar-refractivity contribution in [3.8, 4) is 0 Å². The van der Waals surface area contributed by atoms with Gasteiger partial charge in [0.2, 0.25) is 0 Å². The van der Waals surface area contributed by atoms with Crippen LogP contribution in [-0.4, -0.2) is 21.8 Å². The van der Waals surface area contributed by atoms with Crippen molar-refractivity contribution in [1.29, 1.82) is 0 Å². The molecule has 92 valence electrons. The second-order valence-electron chi connectivity index (χ2n) is 4.03. The van der Waals surface area contributed by atoms with Crippen LogP contribution in [0.3, 0.4) is 0 Å². The maximum atomic E-state index is 4.49. The summed E-state index contributed by atoms with van der Waals surface area (Å²) in [4.78, 5) is 4.34. The van der Waals surface area contributed by atoms with E-state index in [0.29, 0.717) is 6.04 Å². The summed E-state index contributed by atoms with van der Waals surface area (Å²) in [5.41, 5.74) is 2.45. The normalized spacial score (nSPS) is 12.9. The van der Waals surface area contributed by atoms with Crippen LogP contribution in [0.5, 0.6) is 0 Å². The zero-order valence-corrected chi connectivity index (χ0v) is 11.3. The standard InChI is InChI=1S/C12H18N4S/c1-4-10-9(8-16(3)15-10)11(13-2)7-12-14-5-6-17-12/h5-6,8,11,13H,4,7H2,1-3H3. The highest BCUT2D eigenvalue weighted by Crippen LogP contribution is 2.22. The van der Waals surface area contributed by atoms with Gasteiger partial charge in [0, 0.05) is 42.8 Å². The van der Waals surface area contributed by atoms with E-state index in [4.69, 9.17) is 0 Å². The Morgan fingerprint density at radius 1 is 1.53 bits per heavy atom. The van der Waals surface area contributed by atoms with Crippen LogP contribution in [0.25, 0.3) is 0 Å². The van der Waals surface area contributed by atoms with Crippen molar-refractivity contribution in [2.45, 2.75) is 25.8 Å². The predicted molar refractivity (Wildman–Crippen MR) is 70.2 cm³/mol. The fourth-order valence-corrected chi connectivity index (χ4v) is 2.68. The molecule has 0 aliphatic rings. The lowest BCUT2D eigenvalue weighted by molar-refractivity contribution is 0.585. The van der Waals surface area contributed by atoms with E-state index in [1.807, 2.05) is 30.4 Å². The van der Waals surface area contributed by atoms with E-state index in [0.717, 1.165) is 17.8 Å². The summed E-state index contributed by atoms with van der Waals surface area (Å²) in [6, 6.07) is 0.296. The van der Waals surface area contributed by atoms with E-state index in [2.05, 4.69) is 28.5 Å². The number of aromatic nitrogens is 3. The van der Waals surface area contributed by atoms with Crippen molar-refractivity contribution >= 4 is 11.3 Å². The second kappa shape index (κ2) is 5.42. The SMILES string of the molecule is CCc1nn(C)cc1C(Cc1nccs1)NC. The van der Waals surface area contributed by atoms with Crippen molar-refractivity contribution in [3.63, 3.8) is 0 Å². The Morgan fingerprint density at radius 3 is 2.94 bits per heavy atom. The molecule has 1 N–H and O–H groups in total. The molecule has 0 aliphatic heterocycles. The first-order valence-electron chi connectivity index (χ1n) is 5.82. The second-order valence-corrected chi connectivity index (χ2v) is 5.01. The molecule has 1 unspecified atom stereocenters. The highest BCUT2D eigenvalue weighted by atomic mass is 32.1. The molecule has 17 heavy (non-hydrogen) atoms. The van der Waals surface area contributed by atoms with E-state index in [9.17, 15) is 0 Å². The number of rotatable bonds is 5. The quantitative estimate of drug-likeness (QED) is 0.882. The summed E-state index contributed by atoms with van der Waals surface area (Å²) in [5, 5.41) is 11.0. The van der Waals surface area contributed by atoms with Crippen LogP contribution in [0.15, 0.2) is 17.8 Å². The molecule has 0 saturated heterocycles. The van der Waals surface area contributed by atoms with Gasteiger partial charge in [0.15, 0.2) is 0 Å². The Bertz CT molecular complexity index is 461. The molecule has 0 amide bonds. The largest absolute Gasteiger partial charge is 0.313 e. The lowest BCUT2D eigenvalue weighted by atomic mass is 10.0. The molecule has 2 heterocycles. The zero-order valence-electron chi connectivity index (χ0n) is 10.5. The molecular formula is C12H18N4S. The monoisotopic (exact) mass is 250 g/mol. The summed E-state index contributed by atoms with van der Waals surface area (Å²) < 4.78 is 1.89. The Hall–Kier alpha value is -1.20. The first-order valence-corrected chi connectivity index (χ1v) is 6.70. The third-order valence-electron chi connectivity index (χ3n) is 2.86. The highest BCUT2D eigenvalue weighted by Gasteiger charge is 2.17. The fraction of sp³-hybridized carbons (Fsp3) is 0.500. The van der Waals surface area contributed by atoms with E-state index in [-0.39, 0.29) is 0 Å². The maximum Gasteiger partial charge on any atom is 0.0943 e. The topological polar surface area (TPSA) is 42.7 Å². The first kappa shape index (κ1) is 12.3. The maximum absolute atomic E-state index is 4.49. The van der Waals surface area contributed by atoms with Crippen LogP contribution < -0.4 is 5.32 Å². The molecular weight excluding hydrogens is 232 g/mol. The number of hydrogen-bond donors (Lipinski definition) is 1. The van der Waals surface area contributed by atoms with Gasteiger partial charge in [0.1, 0.15) is 0 Å². The van der Waals surface area contributed by atoms with Gasteiger partial charge in [0.05, 0.1) is 10.7 Å². The molecule has 4 nitrogen and oxygen atoms in total. The van der Waals surface area contributed by atoms with Gasteiger partial charge in [-0.2, -0.15) is 5.10 Å². The van der Waals surface area contributed by atoms with Gasteiger partial charge in [-0.05, 0) is 13.5 Å². The van der Waals surface area contributed by atoms with Crippen molar-refractivity contribution in [2.75, 3.05) is 7.05 Å². The Balaban J connectivity index is 2.22. The fourth-order valence-electron chi connectivity index (χ4n) is 2.01. The number of likely N-dealkylation sites (N-methyl/N-ethyl adjacent to an activating group) is 1. The van der Waals surface area contributed by atoms with Crippen LogP contribution in [0.4, 0.5) is 0 Å². The molecule has 5 heteroatoms. The number of nitrogens with one attached hydrogen (secondary N) is 1. The van der Waals surface area contributed by atoms with Crippen molar-refractivity contribution in [2.24, 2.45) is 7.05 Å². The highest BCUT2D eigenvalue weighted by molar-refractivity contribution is 7.09. The third-order valence-corrected chi connectivity index (χ3v) is 3.66. The number of hydrogen-bond acceptors (Lipinski definition) is 4. The van der Waals surface area contributed by atoms with Crippen LogP contribution >= 0.6 is 11.3 Å². The molecule has 0 bridgehead atoms. The molecule has 0 fully saturated rings. The molecule has 2 rings (SSSR count). The molecule has 2 aromatic heterocycles. The van der Waals surface area contributed by atoms with Crippen LogP contribution in [-0.2, 0) is 19.9 Å². The van der Waals surface area contributed by atoms with Crippen LogP contribution in [0.2, 0.25) is 0 Å². The van der Waals surface area contributed by atoms with Gasteiger partial charge in [-0.1, -0.05) is 6.92 Å². The van der Waals surface area contributed by atoms with Crippen molar-refractivity contribution in [1.82, 2.24) is 20.1 Å². The van der Waals surface area contributed by atoms with Gasteiger partial charge in [-0.15, -0.1) is 11.3 Å². The number of nitrogens with zero attached hydrogens (tertiary/aromatic N) is 3. The van der Waals surface area contributed by atoms with Gasteiger partial charge in [-0.3, -0.25) is 4.68 Å². The summed E-state index contributed by atoms with van der Waals surface area (Å²) in [6.45, 7) is 2.14. The van der Waals surface area contributed by atoms with Crippen LogP contribution in [0, 0.1) is 0 Å². The Labute approximate surface area is 106 Å².